The number of benzene rings is 1. The average Bonchev–Trinajstić information content (AvgIpc) is 2.87. The molecule has 3 rings (SSSR count). The van der Waals surface area contributed by atoms with Gasteiger partial charge in [0, 0.05) is 25.2 Å². The van der Waals surface area contributed by atoms with Crippen molar-refractivity contribution in [1.29, 1.82) is 0 Å². The predicted octanol–water partition coefficient (Wildman–Crippen LogP) is 3.04. The van der Waals surface area contributed by atoms with Crippen molar-refractivity contribution in [2.24, 2.45) is 5.92 Å². The van der Waals surface area contributed by atoms with Crippen LogP contribution in [0, 0.1) is 5.92 Å². The van der Waals surface area contributed by atoms with Crippen LogP contribution < -0.4 is 5.32 Å². The van der Waals surface area contributed by atoms with Crippen LogP contribution in [0.4, 0.5) is 4.79 Å². The zero-order valence-electron chi connectivity index (χ0n) is 17.3. The number of urea groups is 1. The van der Waals surface area contributed by atoms with E-state index in [0.29, 0.717) is 30.2 Å². The Hall–Kier alpha value is -2.21. The molecule has 0 atom stereocenters. The molecule has 6 heteroatoms. The number of likely N-dealkylation sites (tertiary alicyclic amines) is 1. The van der Waals surface area contributed by atoms with E-state index in [4.69, 9.17) is 0 Å². The number of rotatable bonds is 6. The topological polar surface area (TPSA) is 69.7 Å². The molecule has 3 amide bonds. The van der Waals surface area contributed by atoms with Crippen molar-refractivity contribution >= 4 is 17.7 Å². The van der Waals surface area contributed by atoms with Crippen molar-refractivity contribution in [3.63, 3.8) is 0 Å². The lowest BCUT2D eigenvalue weighted by Crippen LogP contribution is -2.55. The first kappa shape index (κ1) is 20.5. The van der Waals surface area contributed by atoms with Crippen molar-refractivity contribution in [3.05, 3.63) is 35.4 Å². The molecule has 0 saturated carbocycles. The summed E-state index contributed by atoms with van der Waals surface area (Å²) in [6.45, 7) is 10.9. The van der Waals surface area contributed by atoms with Crippen LogP contribution in [0.15, 0.2) is 24.3 Å². The van der Waals surface area contributed by atoms with Crippen molar-refractivity contribution in [2.75, 3.05) is 26.2 Å². The molecule has 0 bridgehead atoms. The summed E-state index contributed by atoms with van der Waals surface area (Å²) >= 11 is 0. The van der Waals surface area contributed by atoms with Crippen LogP contribution in [-0.4, -0.2) is 59.2 Å². The highest BCUT2D eigenvalue weighted by Gasteiger charge is 2.52. The summed E-state index contributed by atoms with van der Waals surface area (Å²) < 4.78 is 0. The molecule has 2 saturated heterocycles. The lowest BCUT2D eigenvalue weighted by molar-refractivity contribution is -0.132. The zero-order valence-corrected chi connectivity index (χ0v) is 17.3. The van der Waals surface area contributed by atoms with Gasteiger partial charge in [-0.05, 0) is 30.2 Å². The van der Waals surface area contributed by atoms with E-state index >= 15 is 0 Å². The maximum atomic E-state index is 13.0. The smallest absolute Gasteiger partial charge is 0.323 e. The maximum Gasteiger partial charge on any atom is 0.325 e. The summed E-state index contributed by atoms with van der Waals surface area (Å²) in [7, 11) is 0. The lowest BCUT2D eigenvalue weighted by atomic mass is 9.87. The molecule has 2 fully saturated rings. The van der Waals surface area contributed by atoms with Gasteiger partial charge in [0.25, 0.3) is 5.91 Å². The van der Waals surface area contributed by atoms with Crippen LogP contribution >= 0.6 is 0 Å². The van der Waals surface area contributed by atoms with Gasteiger partial charge in [0.15, 0.2) is 5.78 Å². The third-order valence-electron chi connectivity index (χ3n) is 5.78. The Bertz CT molecular complexity index is 747. The van der Waals surface area contributed by atoms with Crippen molar-refractivity contribution in [2.45, 2.75) is 52.0 Å². The number of carbonyl (C=O) groups excluding carboxylic acids is 3. The second kappa shape index (κ2) is 8.03. The molecule has 0 radical (unpaired) electrons. The van der Waals surface area contributed by atoms with Crippen molar-refractivity contribution in [3.8, 4) is 0 Å². The molecule has 0 aliphatic carbocycles. The molecule has 1 aromatic rings. The van der Waals surface area contributed by atoms with Gasteiger partial charge in [0.05, 0.1) is 6.54 Å². The average molecular weight is 386 g/mol. The van der Waals surface area contributed by atoms with E-state index in [1.807, 2.05) is 12.1 Å². The second-order valence-electron chi connectivity index (χ2n) is 8.80. The Morgan fingerprint density at radius 3 is 2.21 bits per heavy atom. The first-order valence-corrected chi connectivity index (χ1v) is 10.2. The molecule has 2 aliphatic heterocycles. The van der Waals surface area contributed by atoms with Crippen LogP contribution in [0.3, 0.4) is 0 Å². The minimum absolute atomic E-state index is 0.205. The summed E-state index contributed by atoms with van der Waals surface area (Å²) in [5, 5.41) is 2.88. The Balaban J connectivity index is 1.65. The molecular weight excluding hydrogens is 354 g/mol. The van der Waals surface area contributed by atoms with Gasteiger partial charge >= 0.3 is 6.03 Å². The van der Waals surface area contributed by atoms with E-state index in [1.54, 1.807) is 12.1 Å². The number of hydrogen-bond donors (Lipinski definition) is 1. The Labute approximate surface area is 167 Å². The summed E-state index contributed by atoms with van der Waals surface area (Å²) in [6, 6.07) is 6.95. The van der Waals surface area contributed by atoms with E-state index in [0.717, 1.165) is 30.1 Å². The quantitative estimate of drug-likeness (QED) is 0.604. The van der Waals surface area contributed by atoms with E-state index in [-0.39, 0.29) is 18.2 Å². The molecule has 152 valence electrons. The predicted molar refractivity (Wildman–Crippen MR) is 108 cm³/mol. The number of nitrogens with zero attached hydrogens (tertiary/aromatic N) is 2. The van der Waals surface area contributed by atoms with Gasteiger partial charge in [-0.2, -0.15) is 0 Å². The highest BCUT2D eigenvalue weighted by Crippen LogP contribution is 2.30. The SMILES string of the molecule is CC(C)CN1CCC2(CC1)NC(=O)N(CC(=O)c1ccc(C(C)C)cc1)C2=O. The summed E-state index contributed by atoms with van der Waals surface area (Å²) in [4.78, 5) is 41.5. The highest BCUT2D eigenvalue weighted by molar-refractivity contribution is 6.11. The molecule has 2 aliphatic rings. The number of ketones is 1. The van der Waals surface area contributed by atoms with Crippen molar-refractivity contribution in [1.82, 2.24) is 15.1 Å². The fourth-order valence-electron chi connectivity index (χ4n) is 4.08. The van der Waals surface area contributed by atoms with E-state index in [2.05, 4.69) is 37.9 Å². The molecule has 1 N–H and O–H groups in total. The highest BCUT2D eigenvalue weighted by atomic mass is 16.2. The number of imide groups is 1. The van der Waals surface area contributed by atoms with Crippen LogP contribution in [0.1, 0.15) is 62.4 Å². The number of amides is 3. The maximum absolute atomic E-state index is 13.0. The molecule has 0 aromatic heterocycles. The lowest BCUT2D eigenvalue weighted by Gasteiger charge is -2.37. The third kappa shape index (κ3) is 4.12. The van der Waals surface area contributed by atoms with Gasteiger partial charge < -0.3 is 10.2 Å². The molecule has 2 heterocycles. The van der Waals surface area contributed by atoms with Crippen LogP contribution in [0.5, 0.6) is 0 Å². The number of carbonyl (C=O) groups is 3. The standard InChI is InChI=1S/C22H31N3O3/c1-15(2)13-24-11-9-22(10-12-24)20(27)25(21(28)23-22)14-19(26)18-7-5-17(6-8-18)16(3)4/h5-8,15-16H,9-14H2,1-4H3,(H,23,28). The van der Waals surface area contributed by atoms with Gasteiger partial charge in [0.1, 0.15) is 5.54 Å². The Morgan fingerprint density at radius 1 is 1.07 bits per heavy atom. The minimum atomic E-state index is -0.841. The first-order valence-electron chi connectivity index (χ1n) is 10.2. The molecule has 0 unspecified atom stereocenters. The number of Topliss-reactive ketones (excluding diaryl/α,β-unsaturated/α-hetero) is 1. The minimum Gasteiger partial charge on any atom is -0.323 e. The zero-order chi connectivity index (χ0) is 20.5. The fraction of sp³-hybridized carbons (Fsp3) is 0.591. The number of hydrogen-bond acceptors (Lipinski definition) is 4. The molecule has 1 aromatic carbocycles. The molecular formula is C22H31N3O3. The van der Waals surface area contributed by atoms with Gasteiger partial charge in [-0.25, -0.2) is 4.79 Å². The first-order chi connectivity index (χ1) is 13.2. The molecule has 1 spiro atoms. The summed E-state index contributed by atoms with van der Waals surface area (Å²) in [6.07, 6.45) is 1.19. The monoisotopic (exact) mass is 385 g/mol. The Kier molecular flexibility index (Phi) is 5.89. The largest absolute Gasteiger partial charge is 0.325 e. The van der Waals surface area contributed by atoms with E-state index < -0.39 is 11.6 Å². The molecule has 6 nitrogen and oxygen atoms in total. The van der Waals surface area contributed by atoms with Gasteiger partial charge in [-0.1, -0.05) is 52.0 Å². The second-order valence-corrected chi connectivity index (χ2v) is 8.80. The van der Waals surface area contributed by atoms with Crippen LogP contribution in [-0.2, 0) is 4.79 Å². The summed E-state index contributed by atoms with van der Waals surface area (Å²) in [5.41, 5.74) is 0.836. The fourth-order valence-corrected chi connectivity index (χ4v) is 4.08. The van der Waals surface area contributed by atoms with E-state index in [9.17, 15) is 14.4 Å². The molecule has 28 heavy (non-hydrogen) atoms. The third-order valence-corrected chi connectivity index (χ3v) is 5.78. The van der Waals surface area contributed by atoms with Crippen LogP contribution in [0.2, 0.25) is 0 Å². The van der Waals surface area contributed by atoms with Gasteiger partial charge in [-0.3, -0.25) is 14.5 Å². The van der Waals surface area contributed by atoms with Gasteiger partial charge in [-0.15, -0.1) is 0 Å². The van der Waals surface area contributed by atoms with Crippen LogP contribution in [0.25, 0.3) is 0 Å². The number of nitrogens with one attached hydrogen (secondary N) is 1. The summed E-state index contributed by atoms with van der Waals surface area (Å²) in [5.74, 6) is 0.484. The normalized spacial score (nSPS) is 19.7. The Morgan fingerprint density at radius 2 is 1.68 bits per heavy atom. The van der Waals surface area contributed by atoms with E-state index in [1.165, 1.54) is 0 Å². The van der Waals surface area contributed by atoms with Gasteiger partial charge in [0.2, 0.25) is 0 Å². The van der Waals surface area contributed by atoms with Crippen molar-refractivity contribution < 1.29 is 14.4 Å². The number of piperidine rings is 1.